The summed E-state index contributed by atoms with van der Waals surface area (Å²) in [5.41, 5.74) is 0. The maximum absolute atomic E-state index is 2.27. The van der Waals surface area contributed by atoms with E-state index in [1.165, 1.54) is 38.5 Å². The van der Waals surface area contributed by atoms with Crippen LogP contribution in [-0.2, 0) is 0 Å². The Bertz CT molecular complexity index is 37.8. The molecule has 0 bridgehead atoms. The fraction of sp³-hybridized carbons (Fsp3) is 1.00. The van der Waals surface area contributed by atoms with Gasteiger partial charge < -0.3 is 0 Å². The molecule has 0 spiro atoms. The first-order chi connectivity index (χ1) is 4.41. The van der Waals surface area contributed by atoms with Crippen LogP contribution in [0.15, 0.2) is 0 Å². The van der Waals surface area contributed by atoms with Crippen molar-refractivity contribution in [2.45, 2.75) is 44.9 Å². The normalized spacial score (nSPS) is 10.1. The van der Waals surface area contributed by atoms with Crippen molar-refractivity contribution in [3.8, 4) is 0 Å². The van der Waals surface area contributed by atoms with Gasteiger partial charge in [0.15, 0.2) is 0 Å². The van der Waals surface area contributed by atoms with E-state index in [9.17, 15) is 0 Å². The molecule has 0 N–H and O–H groups in total. The van der Waals surface area contributed by atoms with Crippen LogP contribution in [0.5, 0.6) is 0 Å². The van der Waals surface area contributed by atoms with Crippen LogP contribution in [0.25, 0.3) is 0 Å². The minimum atomic E-state index is 0.970. The van der Waals surface area contributed by atoms with E-state index in [1.54, 1.807) is -0.511 Å². The topological polar surface area (TPSA) is 0 Å². The van der Waals surface area contributed by atoms with Crippen LogP contribution in [0.3, 0.4) is 0 Å². The third-order valence-corrected chi connectivity index (χ3v) is 3.45. The molecular formula is C8H17Rb. The SMILES string of the molecule is CCCCCCC[CH2][Rb]. The maximum atomic E-state index is 2.27. The molecule has 0 aromatic carbocycles. The second-order valence-electron chi connectivity index (χ2n) is 2.77. The van der Waals surface area contributed by atoms with Crippen molar-refractivity contribution in [2.75, 3.05) is 0 Å². The summed E-state index contributed by atoms with van der Waals surface area (Å²) in [5, 5.41) is 0. The van der Waals surface area contributed by atoms with Crippen LogP contribution in [0, 0.1) is 0 Å². The van der Waals surface area contributed by atoms with Crippen molar-refractivity contribution < 1.29 is 0 Å². The molecule has 0 unspecified atom stereocenters. The van der Waals surface area contributed by atoms with Gasteiger partial charge in [-0.15, -0.1) is 0 Å². The first kappa shape index (κ1) is 10.8. The van der Waals surface area contributed by atoms with E-state index in [0.717, 1.165) is 55.5 Å². The van der Waals surface area contributed by atoms with Gasteiger partial charge in [-0.25, -0.2) is 0 Å². The van der Waals surface area contributed by atoms with Crippen LogP contribution < -0.4 is 0 Å². The van der Waals surface area contributed by atoms with E-state index in [1.807, 2.05) is 0 Å². The van der Waals surface area contributed by atoms with Gasteiger partial charge in [-0.2, -0.15) is 0 Å². The molecule has 0 radical (unpaired) electrons. The fourth-order valence-corrected chi connectivity index (χ4v) is 2.26. The summed E-state index contributed by atoms with van der Waals surface area (Å²) >= 11 is 0.970. The Hall–Kier alpha value is 1.81. The Balaban J connectivity index is 2.60. The van der Waals surface area contributed by atoms with Crippen LogP contribution in [0.2, 0.25) is -0.511 Å². The van der Waals surface area contributed by atoms with Crippen molar-refractivity contribution in [1.82, 2.24) is 0 Å². The molecule has 0 rings (SSSR count). The quantitative estimate of drug-likeness (QED) is 0.576. The molecule has 0 fully saturated rings. The fourth-order valence-electron chi connectivity index (χ4n) is 1.03. The molecule has 0 aromatic rings. The first-order valence-electron chi connectivity index (χ1n) is 4.41. The average molecular weight is 199 g/mol. The van der Waals surface area contributed by atoms with Gasteiger partial charge in [0.2, 0.25) is 0 Å². The van der Waals surface area contributed by atoms with Gasteiger partial charge in [-0.1, -0.05) is 0 Å². The molecular weight excluding hydrogens is 182 g/mol. The second kappa shape index (κ2) is 9.81. The van der Waals surface area contributed by atoms with Gasteiger partial charge in [-0.05, 0) is 0 Å². The zero-order chi connectivity index (χ0) is 6.95. The molecule has 0 heterocycles. The van der Waals surface area contributed by atoms with Crippen molar-refractivity contribution in [3.63, 3.8) is 0 Å². The first-order valence-corrected chi connectivity index (χ1v) is 7.89. The standard InChI is InChI=1S/C8H17.Rb/c1-3-5-7-8-6-4-2;/h1,3-8H2,2H3;. The number of rotatable bonds is 6. The van der Waals surface area contributed by atoms with Crippen LogP contribution in [0.4, 0.5) is 0 Å². The van der Waals surface area contributed by atoms with E-state index >= 15 is 0 Å². The average Bonchev–Trinajstić information content (AvgIpc) is 1.89. The number of hydrogen-bond donors (Lipinski definition) is 0. The Kier molecular flexibility index (Phi) is 11.8. The Morgan fingerprint density at radius 3 is 2.00 bits per heavy atom. The van der Waals surface area contributed by atoms with Gasteiger partial charge in [0, 0.05) is 0 Å². The molecule has 0 aliphatic heterocycles. The van der Waals surface area contributed by atoms with Crippen LogP contribution in [0.1, 0.15) is 45.4 Å². The molecule has 0 aliphatic rings. The number of hydrogen-bond acceptors (Lipinski definition) is 0. The van der Waals surface area contributed by atoms with E-state index < -0.39 is 0 Å². The predicted molar refractivity (Wildman–Crippen MR) is 43.9 cm³/mol. The zero-order valence-corrected chi connectivity index (χ0v) is 11.9. The molecule has 50 valence electrons. The van der Waals surface area contributed by atoms with Crippen molar-refractivity contribution in [3.05, 3.63) is 0 Å². The van der Waals surface area contributed by atoms with E-state index in [-0.39, 0.29) is 0 Å². The van der Waals surface area contributed by atoms with Gasteiger partial charge in [-0.3, -0.25) is 0 Å². The third-order valence-electron chi connectivity index (χ3n) is 1.71. The monoisotopic (exact) mass is 198 g/mol. The summed E-state index contributed by atoms with van der Waals surface area (Å²) in [6.45, 7) is 2.27. The molecule has 1 heteroatoms. The molecule has 0 nitrogen and oxygen atoms in total. The van der Waals surface area contributed by atoms with Gasteiger partial charge in [0.1, 0.15) is 0 Å². The second-order valence-corrected chi connectivity index (χ2v) is 5.23. The summed E-state index contributed by atoms with van der Waals surface area (Å²) < 4.78 is 1.58. The van der Waals surface area contributed by atoms with E-state index in [0.29, 0.717) is 0 Å². The molecule has 0 aliphatic carbocycles. The number of unbranched alkanes of at least 4 members (excludes halogenated alkanes) is 5. The molecule has 0 amide bonds. The van der Waals surface area contributed by atoms with Crippen LogP contribution >= 0.6 is 0 Å². The summed E-state index contributed by atoms with van der Waals surface area (Å²) in [6, 6.07) is 0. The molecule has 0 saturated heterocycles. The molecule has 9 heavy (non-hydrogen) atoms. The zero-order valence-electron chi connectivity index (χ0n) is 6.95. The summed E-state index contributed by atoms with van der Waals surface area (Å²) in [6.07, 6.45) is 8.84. The van der Waals surface area contributed by atoms with E-state index in [2.05, 4.69) is 6.92 Å². The van der Waals surface area contributed by atoms with Crippen molar-refractivity contribution in [2.24, 2.45) is 0 Å². The Morgan fingerprint density at radius 2 is 1.44 bits per heavy atom. The molecule has 0 aromatic heterocycles. The predicted octanol–water partition coefficient (Wildman–Crippen LogP) is 2.93. The molecule has 0 atom stereocenters. The summed E-state index contributed by atoms with van der Waals surface area (Å²) in [4.78, 5) is 0. The summed E-state index contributed by atoms with van der Waals surface area (Å²) in [7, 11) is 0. The van der Waals surface area contributed by atoms with Crippen molar-refractivity contribution in [1.29, 1.82) is 0 Å². The summed E-state index contributed by atoms with van der Waals surface area (Å²) in [5.74, 6) is 0. The van der Waals surface area contributed by atoms with Gasteiger partial charge in [0.25, 0.3) is 0 Å². The van der Waals surface area contributed by atoms with Gasteiger partial charge in [0.05, 0.1) is 0 Å². The minimum absolute atomic E-state index is 0.970. The third kappa shape index (κ3) is 9.81. The van der Waals surface area contributed by atoms with E-state index in [4.69, 9.17) is 0 Å². The van der Waals surface area contributed by atoms with Gasteiger partial charge >= 0.3 is 100 Å². The molecule has 0 saturated carbocycles. The van der Waals surface area contributed by atoms with Crippen LogP contribution in [-0.4, -0.2) is 55.5 Å². The van der Waals surface area contributed by atoms with Crippen molar-refractivity contribution >= 4 is 55.5 Å². The Labute approximate surface area is 98.5 Å². The Morgan fingerprint density at radius 1 is 0.889 bits per heavy atom.